The molecule has 1 saturated heterocycles. The first-order valence-corrected chi connectivity index (χ1v) is 14.5. The average Bonchev–Trinajstić information content (AvgIpc) is 3.30. The van der Waals surface area contributed by atoms with Crippen molar-refractivity contribution in [1.29, 1.82) is 0 Å². The van der Waals surface area contributed by atoms with Crippen LogP contribution in [-0.2, 0) is 36.7 Å². The molecule has 0 spiro atoms. The summed E-state index contributed by atoms with van der Waals surface area (Å²) < 4.78 is 45.6. The Labute approximate surface area is 254 Å². The van der Waals surface area contributed by atoms with Crippen LogP contribution in [0.4, 0.5) is 0 Å². The zero-order chi connectivity index (χ0) is 31.4. The Morgan fingerprint density at radius 2 is 1.77 bits per heavy atom. The van der Waals surface area contributed by atoms with E-state index in [1.165, 1.54) is 14.2 Å². The van der Waals surface area contributed by atoms with Crippen LogP contribution in [0.1, 0.15) is 61.5 Å². The number of aryl methyl sites for hydroxylation is 1. The van der Waals surface area contributed by atoms with Crippen LogP contribution < -0.4 is 14.2 Å². The molecule has 10 nitrogen and oxygen atoms in total. The van der Waals surface area contributed by atoms with Gasteiger partial charge < -0.3 is 43.0 Å². The number of rotatable bonds is 17. The molecule has 0 bridgehead atoms. The van der Waals surface area contributed by atoms with Crippen LogP contribution in [0.25, 0.3) is 0 Å². The predicted octanol–water partition coefficient (Wildman–Crippen LogP) is 5.23. The molecular formula is C33H46O10. The van der Waals surface area contributed by atoms with Crippen molar-refractivity contribution in [1.82, 2.24) is 0 Å². The van der Waals surface area contributed by atoms with Gasteiger partial charge in [-0.2, -0.15) is 0 Å². The summed E-state index contributed by atoms with van der Waals surface area (Å²) in [6.45, 7) is 5.84. The molecule has 1 aliphatic rings. The summed E-state index contributed by atoms with van der Waals surface area (Å²) in [5.41, 5.74) is 2.06. The third kappa shape index (κ3) is 10.2. The number of hydrogen-bond donors (Lipinski definition) is 1. The molecule has 2 aromatic rings. The lowest BCUT2D eigenvalue weighted by Crippen LogP contribution is -2.36. The quantitative estimate of drug-likeness (QED) is 0.147. The highest BCUT2D eigenvalue weighted by atomic mass is 16.8. The van der Waals surface area contributed by atoms with E-state index in [-0.39, 0.29) is 12.9 Å². The Kier molecular flexibility index (Phi) is 13.3. The van der Waals surface area contributed by atoms with Crippen LogP contribution in [0, 0.1) is 0 Å². The van der Waals surface area contributed by atoms with Gasteiger partial charge in [-0.05, 0) is 75.8 Å². The number of methoxy groups -OCH3 is 4. The van der Waals surface area contributed by atoms with Gasteiger partial charge in [-0.3, -0.25) is 0 Å². The number of aliphatic hydroxyl groups is 1. The van der Waals surface area contributed by atoms with E-state index >= 15 is 0 Å². The summed E-state index contributed by atoms with van der Waals surface area (Å²) >= 11 is 0. The molecule has 1 fully saturated rings. The van der Waals surface area contributed by atoms with Crippen molar-refractivity contribution in [3.63, 3.8) is 0 Å². The van der Waals surface area contributed by atoms with Crippen molar-refractivity contribution in [3.05, 3.63) is 65.2 Å². The van der Waals surface area contributed by atoms with Crippen LogP contribution in [0.2, 0.25) is 0 Å². The van der Waals surface area contributed by atoms with Gasteiger partial charge in [-0.15, -0.1) is 0 Å². The maximum Gasteiger partial charge on any atom is 0.341 e. The Morgan fingerprint density at radius 1 is 1.05 bits per heavy atom. The molecule has 238 valence electrons. The van der Waals surface area contributed by atoms with Gasteiger partial charge in [0, 0.05) is 13.2 Å². The number of benzene rings is 2. The van der Waals surface area contributed by atoms with E-state index in [4.69, 9.17) is 37.9 Å². The molecule has 1 N–H and O–H groups in total. The fraction of sp³-hybridized carbons (Fsp3) is 0.545. The number of esters is 1. The van der Waals surface area contributed by atoms with E-state index in [9.17, 15) is 9.90 Å². The Hall–Kier alpha value is -3.15. The molecular weight excluding hydrogens is 556 g/mol. The summed E-state index contributed by atoms with van der Waals surface area (Å²) in [5, 5.41) is 9.81. The zero-order valence-electron chi connectivity index (χ0n) is 26.3. The van der Waals surface area contributed by atoms with Crippen molar-refractivity contribution in [2.75, 3.05) is 35.2 Å². The molecule has 3 rings (SSSR count). The fourth-order valence-corrected chi connectivity index (χ4v) is 4.97. The summed E-state index contributed by atoms with van der Waals surface area (Å²) in [5.74, 6) is 0.346. The number of carbonyl (C=O) groups excluding carboxylic acids is 1. The maximum absolute atomic E-state index is 12.8. The van der Waals surface area contributed by atoms with Gasteiger partial charge in [0.2, 0.25) is 0 Å². The van der Waals surface area contributed by atoms with Gasteiger partial charge in [0.1, 0.15) is 35.0 Å². The number of hydrogen-bond acceptors (Lipinski definition) is 10. The van der Waals surface area contributed by atoms with Crippen LogP contribution >= 0.6 is 0 Å². The molecule has 4 atom stereocenters. The smallest absolute Gasteiger partial charge is 0.341 e. The van der Waals surface area contributed by atoms with Gasteiger partial charge in [-0.25, -0.2) is 4.79 Å². The number of aliphatic hydroxyl groups excluding tert-OH is 1. The van der Waals surface area contributed by atoms with Gasteiger partial charge >= 0.3 is 5.97 Å². The number of carbonyl (C=O) groups is 1. The Balaban J connectivity index is 1.80. The van der Waals surface area contributed by atoms with E-state index in [0.717, 1.165) is 16.9 Å². The van der Waals surface area contributed by atoms with Crippen LogP contribution in [0.3, 0.4) is 0 Å². The second-order valence-corrected chi connectivity index (χ2v) is 10.9. The highest BCUT2D eigenvalue weighted by Crippen LogP contribution is 2.36. The predicted molar refractivity (Wildman–Crippen MR) is 161 cm³/mol. The van der Waals surface area contributed by atoms with Crippen molar-refractivity contribution in [2.45, 2.75) is 83.3 Å². The molecule has 0 radical (unpaired) electrons. The molecule has 1 heterocycles. The minimum atomic E-state index is -0.816. The minimum Gasteiger partial charge on any atom is -0.497 e. The molecule has 0 amide bonds. The molecule has 0 aliphatic carbocycles. The normalized spacial score (nSPS) is 19.3. The molecule has 0 unspecified atom stereocenters. The standard InChI is InChI=1S/C33H46O10/c1-22(34)10-8-12-27(40-20-23-14-16-25(37-5)17-15-23)31-28(42-33(2,3)43-31)13-9-11-24-18-26(38-6)19-29(41-21-36-4)30(24)32(35)39-7/h8,12,14-19,22,27-28,31,34H,9-11,13,20-21H2,1-7H3/b12-8-/t22-,27+,28-,31+/m0/s1. The summed E-state index contributed by atoms with van der Waals surface area (Å²) in [4.78, 5) is 12.8. The van der Waals surface area contributed by atoms with Crippen molar-refractivity contribution < 1.29 is 47.8 Å². The third-order valence-electron chi connectivity index (χ3n) is 7.00. The van der Waals surface area contributed by atoms with Crippen molar-refractivity contribution in [2.24, 2.45) is 0 Å². The van der Waals surface area contributed by atoms with Gasteiger partial charge in [-0.1, -0.05) is 24.3 Å². The van der Waals surface area contributed by atoms with E-state index in [1.807, 2.05) is 56.3 Å². The van der Waals surface area contributed by atoms with E-state index < -0.39 is 30.1 Å². The molecule has 0 aromatic heterocycles. The van der Waals surface area contributed by atoms with Crippen molar-refractivity contribution >= 4 is 5.97 Å². The van der Waals surface area contributed by atoms with Crippen LogP contribution in [0.5, 0.6) is 17.2 Å². The lowest BCUT2D eigenvalue weighted by atomic mass is 9.96. The van der Waals surface area contributed by atoms with Crippen LogP contribution in [0.15, 0.2) is 48.6 Å². The topological polar surface area (TPSA) is 111 Å². The monoisotopic (exact) mass is 602 g/mol. The van der Waals surface area contributed by atoms with E-state index in [0.29, 0.717) is 49.4 Å². The van der Waals surface area contributed by atoms with E-state index in [1.54, 1.807) is 27.2 Å². The van der Waals surface area contributed by atoms with Crippen LogP contribution in [-0.4, -0.2) is 76.5 Å². The molecule has 10 heteroatoms. The highest BCUT2D eigenvalue weighted by molar-refractivity contribution is 5.94. The summed E-state index contributed by atoms with van der Waals surface area (Å²) in [6, 6.07) is 11.2. The second-order valence-electron chi connectivity index (χ2n) is 10.9. The molecule has 1 aliphatic heterocycles. The summed E-state index contributed by atoms with van der Waals surface area (Å²) in [7, 11) is 6.04. The Morgan fingerprint density at radius 3 is 2.40 bits per heavy atom. The largest absolute Gasteiger partial charge is 0.497 e. The minimum absolute atomic E-state index is 0.0267. The summed E-state index contributed by atoms with van der Waals surface area (Å²) in [6.07, 6.45) is 4.59. The Bertz CT molecular complexity index is 1170. The zero-order valence-corrected chi connectivity index (χ0v) is 26.3. The van der Waals surface area contributed by atoms with Gasteiger partial charge in [0.25, 0.3) is 0 Å². The molecule has 2 aromatic carbocycles. The van der Waals surface area contributed by atoms with Crippen molar-refractivity contribution in [3.8, 4) is 17.2 Å². The first-order chi connectivity index (χ1) is 20.6. The van der Waals surface area contributed by atoms with Gasteiger partial charge in [0.15, 0.2) is 12.6 Å². The second kappa shape index (κ2) is 16.6. The lowest BCUT2D eigenvalue weighted by molar-refractivity contribution is -0.156. The van der Waals surface area contributed by atoms with Gasteiger partial charge in [0.05, 0.1) is 40.1 Å². The first kappa shape index (κ1) is 34.3. The molecule has 43 heavy (non-hydrogen) atoms. The highest BCUT2D eigenvalue weighted by Gasteiger charge is 2.44. The lowest BCUT2D eigenvalue weighted by Gasteiger charge is -2.25. The SMILES string of the molecule is COCOc1cc(OC)cc(CCC[C@@H]2OC(C)(C)O[C@@H]2[C@@H](/C=C\C[C@H](C)O)OCc2ccc(OC)cc2)c1C(=O)OC. The molecule has 0 saturated carbocycles. The maximum atomic E-state index is 12.8. The first-order valence-electron chi connectivity index (χ1n) is 14.5. The van der Waals surface area contributed by atoms with E-state index in [2.05, 4.69) is 0 Å². The fourth-order valence-electron chi connectivity index (χ4n) is 4.97. The number of ether oxygens (including phenoxy) is 8. The third-order valence-corrected chi connectivity index (χ3v) is 7.00. The average molecular weight is 603 g/mol.